The van der Waals surface area contributed by atoms with Gasteiger partial charge in [0.2, 0.25) is 5.91 Å². The lowest BCUT2D eigenvalue weighted by molar-refractivity contribution is -0.123. The summed E-state index contributed by atoms with van der Waals surface area (Å²) in [5.74, 6) is -0.950. The van der Waals surface area contributed by atoms with Gasteiger partial charge in [0.25, 0.3) is 15.9 Å². The molecule has 5 N–H and O–H groups in total. The Morgan fingerprint density at radius 2 is 1.84 bits per heavy atom. The van der Waals surface area contributed by atoms with Crippen molar-refractivity contribution in [2.75, 3.05) is 26.0 Å². The molecule has 12 nitrogen and oxygen atoms in total. The van der Waals surface area contributed by atoms with Gasteiger partial charge < -0.3 is 25.2 Å². The maximum atomic E-state index is 13.6. The van der Waals surface area contributed by atoms with Gasteiger partial charge in [0, 0.05) is 48.9 Å². The Balaban J connectivity index is 1.34. The molecule has 2 aliphatic heterocycles. The molecule has 1 saturated carbocycles. The number of fused-ring (bicyclic) bond motifs is 1. The van der Waals surface area contributed by atoms with E-state index in [-0.39, 0.29) is 22.6 Å². The van der Waals surface area contributed by atoms with Crippen LogP contribution < -0.4 is 26.4 Å². The molecule has 0 radical (unpaired) electrons. The normalized spacial score (nSPS) is 22.6. The van der Waals surface area contributed by atoms with Gasteiger partial charge >= 0.3 is 0 Å². The minimum Gasteiger partial charge on any atom is -0.495 e. The zero-order valence-corrected chi connectivity index (χ0v) is 26.2. The van der Waals surface area contributed by atoms with E-state index in [0.29, 0.717) is 45.5 Å². The maximum Gasteiger partial charge on any atom is 0.275 e. The van der Waals surface area contributed by atoms with Gasteiger partial charge in [-0.2, -0.15) is 0 Å². The summed E-state index contributed by atoms with van der Waals surface area (Å²) in [5, 5.41) is 10.1. The molecule has 0 saturated heterocycles. The van der Waals surface area contributed by atoms with Crippen molar-refractivity contribution in [2.24, 2.45) is 5.73 Å². The van der Waals surface area contributed by atoms with Gasteiger partial charge in [-0.15, -0.1) is 0 Å². The van der Waals surface area contributed by atoms with Crippen molar-refractivity contribution in [1.82, 2.24) is 24.4 Å². The Morgan fingerprint density at radius 1 is 1.14 bits per heavy atom. The second-order valence-corrected chi connectivity index (χ2v) is 13.6. The van der Waals surface area contributed by atoms with Gasteiger partial charge in [-0.25, -0.2) is 12.4 Å². The summed E-state index contributed by atoms with van der Waals surface area (Å²) in [5.41, 5.74) is 8.66. The van der Waals surface area contributed by atoms with E-state index in [4.69, 9.17) is 10.5 Å². The number of Topliss-reactive ketones (excluding diaryl/α,β-unsaturated/α-hetero) is 1. The quantitative estimate of drug-likeness (QED) is 0.218. The van der Waals surface area contributed by atoms with Crippen LogP contribution >= 0.6 is 0 Å². The minimum absolute atomic E-state index is 0.0509. The first-order valence-electron chi connectivity index (χ1n) is 14.9. The Kier molecular flexibility index (Phi) is 7.49. The fourth-order valence-electron chi connectivity index (χ4n) is 6.70. The van der Waals surface area contributed by atoms with Crippen LogP contribution in [0.2, 0.25) is 0 Å². The SMILES string of the molecule is CCC1CN(C)C2=C(N[C@@](N)(Nc3cc4ccn(S(=O)(=O)c5ccc(C(C)=O)cc5)c4cc3OC)NC2=O)N1C1CCCC1. The van der Waals surface area contributed by atoms with E-state index in [1.54, 1.807) is 18.2 Å². The number of likely N-dealkylation sites (N-methyl/N-ethyl adjacent to an activating group) is 1. The van der Waals surface area contributed by atoms with Crippen LogP contribution in [0.4, 0.5) is 5.69 Å². The summed E-state index contributed by atoms with van der Waals surface area (Å²) >= 11 is 0. The van der Waals surface area contributed by atoms with Crippen LogP contribution in [-0.2, 0) is 14.8 Å². The van der Waals surface area contributed by atoms with Gasteiger partial charge in [0.1, 0.15) is 17.3 Å². The van der Waals surface area contributed by atoms with Crippen LogP contribution in [0.15, 0.2) is 65.1 Å². The van der Waals surface area contributed by atoms with Crippen LogP contribution in [0.1, 0.15) is 56.3 Å². The molecule has 1 aromatic heterocycles. The molecule has 0 bridgehead atoms. The molecule has 2 aromatic carbocycles. The number of rotatable bonds is 8. The molecule has 13 heteroatoms. The summed E-state index contributed by atoms with van der Waals surface area (Å²) in [6.07, 6.45) is 6.85. The molecule has 1 fully saturated rings. The molecule has 3 aromatic rings. The Labute approximate surface area is 257 Å². The number of nitrogens with two attached hydrogens (primary N) is 1. The standard InChI is InChI=1S/C31H39N7O5S/c1-5-22-18-36(3)28-29(38(22)23-8-6-7-9-23)34-31(32,35-30(28)40)33-25-16-21-14-15-37(26(21)17-27(25)43-4)44(41,42)24-12-10-20(11-13-24)19(2)39/h10-17,22-23,33-34H,5-9,18,32H2,1-4H3,(H,35,40)/t22?,31-/m1/s1. The van der Waals surface area contributed by atoms with Gasteiger partial charge in [-0.05, 0) is 50.5 Å². The Hall–Kier alpha value is -4.23. The topological polar surface area (TPSA) is 151 Å². The molecular formula is C31H39N7O5S. The average molecular weight is 622 g/mol. The molecule has 0 spiro atoms. The molecule has 3 heterocycles. The van der Waals surface area contributed by atoms with Gasteiger partial charge in [-0.1, -0.05) is 31.9 Å². The lowest BCUT2D eigenvalue weighted by atomic mass is 10.0. The second-order valence-electron chi connectivity index (χ2n) is 11.8. The number of nitrogens with one attached hydrogen (secondary N) is 3. The first-order valence-corrected chi connectivity index (χ1v) is 16.4. The van der Waals surface area contributed by atoms with Gasteiger partial charge in [0.15, 0.2) is 5.78 Å². The van der Waals surface area contributed by atoms with E-state index in [2.05, 4.69) is 27.8 Å². The predicted octanol–water partition coefficient (Wildman–Crippen LogP) is 2.93. The van der Waals surface area contributed by atoms with Crippen LogP contribution in [0.3, 0.4) is 0 Å². The molecule has 44 heavy (non-hydrogen) atoms. The molecule has 6 rings (SSSR count). The van der Waals surface area contributed by atoms with E-state index in [1.165, 1.54) is 48.5 Å². The zero-order chi connectivity index (χ0) is 31.4. The van der Waals surface area contributed by atoms with Crippen LogP contribution in [-0.4, -0.2) is 72.6 Å². The number of nitrogens with zero attached hydrogens (tertiary/aromatic N) is 3. The smallest absolute Gasteiger partial charge is 0.275 e. The summed E-state index contributed by atoms with van der Waals surface area (Å²) in [6.45, 7) is 4.34. The number of hydrogen-bond acceptors (Lipinski definition) is 10. The van der Waals surface area contributed by atoms with E-state index < -0.39 is 15.9 Å². The van der Waals surface area contributed by atoms with Crippen LogP contribution in [0, 0.1) is 0 Å². The average Bonchev–Trinajstić information content (AvgIpc) is 3.66. The molecule has 2 atom stereocenters. The predicted molar refractivity (Wildman–Crippen MR) is 167 cm³/mol. The zero-order valence-electron chi connectivity index (χ0n) is 25.4. The third-order valence-electron chi connectivity index (χ3n) is 8.90. The summed E-state index contributed by atoms with van der Waals surface area (Å²) in [4.78, 5) is 29.6. The monoisotopic (exact) mass is 621 g/mol. The fraction of sp³-hybridized carbons (Fsp3) is 0.419. The number of ether oxygens (including phenoxy) is 1. The summed E-state index contributed by atoms with van der Waals surface area (Å²) in [6, 6.07) is 11.4. The maximum absolute atomic E-state index is 13.6. The Morgan fingerprint density at radius 3 is 2.48 bits per heavy atom. The highest BCUT2D eigenvalue weighted by Crippen LogP contribution is 2.37. The highest BCUT2D eigenvalue weighted by Gasteiger charge is 2.46. The van der Waals surface area contributed by atoms with E-state index >= 15 is 0 Å². The molecular weight excluding hydrogens is 582 g/mol. The number of carbonyl (C=O) groups excluding carboxylic acids is 2. The summed E-state index contributed by atoms with van der Waals surface area (Å²) in [7, 11) is -0.563. The number of ketones is 1. The van der Waals surface area contributed by atoms with Crippen molar-refractivity contribution in [3.8, 4) is 5.75 Å². The molecule has 3 aliphatic rings. The summed E-state index contributed by atoms with van der Waals surface area (Å²) < 4.78 is 34.0. The number of carbonyl (C=O) groups is 2. The third-order valence-corrected chi connectivity index (χ3v) is 10.6. The lowest BCUT2D eigenvalue weighted by Crippen LogP contribution is -2.76. The molecule has 1 amide bonds. The van der Waals surface area contributed by atoms with Gasteiger partial charge in [0.05, 0.1) is 23.2 Å². The number of anilines is 1. The van der Waals surface area contributed by atoms with Crippen molar-refractivity contribution >= 4 is 38.3 Å². The van der Waals surface area contributed by atoms with Crippen LogP contribution in [0.5, 0.6) is 5.75 Å². The van der Waals surface area contributed by atoms with Crippen LogP contribution in [0.25, 0.3) is 10.9 Å². The van der Waals surface area contributed by atoms with Crippen molar-refractivity contribution in [3.63, 3.8) is 0 Å². The second kappa shape index (κ2) is 11.0. The van der Waals surface area contributed by atoms with E-state index in [1.807, 2.05) is 11.9 Å². The highest BCUT2D eigenvalue weighted by atomic mass is 32.2. The number of amides is 1. The molecule has 234 valence electrons. The first kappa shape index (κ1) is 29.8. The van der Waals surface area contributed by atoms with E-state index in [0.717, 1.165) is 38.6 Å². The minimum atomic E-state index is -3.97. The largest absolute Gasteiger partial charge is 0.495 e. The highest BCUT2D eigenvalue weighted by molar-refractivity contribution is 7.90. The number of aromatic nitrogens is 1. The number of benzene rings is 2. The third kappa shape index (κ3) is 5.03. The van der Waals surface area contributed by atoms with Crippen molar-refractivity contribution < 1.29 is 22.7 Å². The number of hydrogen-bond donors (Lipinski definition) is 4. The first-order chi connectivity index (χ1) is 21.0. The Bertz CT molecular complexity index is 1760. The lowest BCUT2D eigenvalue weighted by Gasteiger charge is -2.52. The van der Waals surface area contributed by atoms with Gasteiger partial charge in [-0.3, -0.25) is 20.6 Å². The molecule has 1 unspecified atom stereocenters. The van der Waals surface area contributed by atoms with E-state index in [9.17, 15) is 18.0 Å². The van der Waals surface area contributed by atoms with Crippen molar-refractivity contribution in [1.29, 1.82) is 0 Å². The fourth-order valence-corrected chi connectivity index (χ4v) is 8.04. The van der Waals surface area contributed by atoms with Crippen molar-refractivity contribution in [3.05, 3.63) is 65.7 Å². The molecule has 1 aliphatic carbocycles. The van der Waals surface area contributed by atoms with Crippen molar-refractivity contribution in [2.45, 2.75) is 68.8 Å². The number of methoxy groups -OCH3 is 1.